The molecule has 0 aromatic rings. The molecule has 0 heteroatoms. The summed E-state index contributed by atoms with van der Waals surface area (Å²) in [5.74, 6) is 0.560. The quantitative estimate of drug-likeness (QED) is 0.562. The minimum Gasteiger partial charge on any atom is -0.0704 e. The summed E-state index contributed by atoms with van der Waals surface area (Å²) < 4.78 is 0. The molecule has 0 aromatic carbocycles. The molecule has 0 aromatic heterocycles. The van der Waals surface area contributed by atoms with Crippen molar-refractivity contribution in [1.82, 2.24) is 0 Å². The van der Waals surface area contributed by atoms with E-state index in [-0.39, 0.29) is 5.41 Å². The van der Waals surface area contributed by atoms with Crippen molar-refractivity contribution in [3.05, 3.63) is 45.1 Å². The highest BCUT2D eigenvalue weighted by atomic mass is 14.5. The van der Waals surface area contributed by atoms with E-state index in [4.69, 9.17) is 0 Å². The number of hydrogen-bond donors (Lipinski definition) is 0. The van der Waals surface area contributed by atoms with Gasteiger partial charge in [0.05, 0.1) is 0 Å². The third-order valence-corrected chi connectivity index (χ3v) is 5.69. The van der Waals surface area contributed by atoms with E-state index in [0.717, 1.165) is 0 Å². The normalized spacial score (nSPS) is 29.9. The molecular weight excluding hydrogens is 216 g/mol. The van der Waals surface area contributed by atoms with Gasteiger partial charge in [0.15, 0.2) is 0 Å². The van der Waals surface area contributed by atoms with Crippen LogP contribution in [0.15, 0.2) is 45.1 Å². The molecule has 2 rings (SSSR count). The fourth-order valence-electron chi connectivity index (χ4n) is 3.91. The Morgan fingerprint density at radius 3 is 1.56 bits per heavy atom. The molecule has 0 radical (unpaired) electrons. The summed E-state index contributed by atoms with van der Waals surface area (Å²) in [6.07, 6.45) is 2.49. The van der Waals surface area contributed by atoms with Crippen molar-refractivity contribution in [3.8, 4) is 0 Å². The van der Waals surface area contributed by atoms with Crippen molar-refractivity contribution in [2.24, 2.45) is 11.3 Å². The highest BCUT2D eigenvalue weighted by Gasteiger charge is 2.42. The van der Waals surface area contributed by atoms with Crippen LogP contribution >= 0.6 is 0 Å². The fourth-order valence-corrected chi connectivity index (χ4v) is 3.91. The minimum atomic E-state index is 0.182. The van der Waals surface area contributed by atoms with Crippen LogP contribution in [0.1, 0.15) is 55.4 Å². The summed E-state index contributed by atoms with van der Waals surface area (Å²) in [6.45, 7) is 18.4. The van der Waals surface area contributed by atoms with Crippen LogP contribution in [-0.2, 0) is 0 Å². The largest absolute Gasteiger partial charge is 0.0704 e. The van der Waals surface area contributed by atoms with Crippen LogP contribution in [0.3, 0.4) is 0 Å². The second-order valence-corrected chi connectivity index (χ2v) is 6.41. The summed E-state index contributed by atoms with van der Waals surface area (Å²) in [5, 5.41) is 0. The van der Waals surface area contributed by atoms with Crippen LogP contribution in [0, 0.1) is 11.3 Å². The second kappa shape index (κ2) is 3.98. The molecule has 98 valence electrons. The lowest BCUT2D eigenvalue weighted by Gasteiger charge is -2.35. The molecule has 0 aliphatic heterocycles. The topological polar surface area (TPSA) is 0 Å². The number of rotatable bonds is 1. The molecule has 0 unspecified atom stereocenters. The summed E-state index contributed by atoms with van der Waals surface area (Å²) in [7, 11) is 0. The van der Waals surface area contributed by atoms with Gasteiger partial charge in [0.1, 0.15) is 0 Å². The van der Waals surface area contributed by atoms with E-state index in [1.54, 1.807) is 16.7 Å². The van der Waals surface area contributed by atoms with Gasteiger partial charge in [0.25, 0.3) is 0 Å². The van der Waals surface area contributed by atoms with E-state index in [2.05, 4.69) is 61.5 Å². The lowest BCUT2D eigenvalue weighted by atomic mass is 9.68. The SMILES string of the molecule is CC1=C[C@@](C)(C2C(C)=C(C)C(C)=C2C)C(C)=C1C. The summed E-state index contributed by atoms with van der Waals surface area (Å²) in [5.41, 5.74) is 10.8. The van der Waals surface area contributed by atoms with Crippen LogP contribution in [-0.4, -0.2) is 0 Å². The van der Waals surface area contributed by atoms with E-state index in [9.17, 15) is 0 Å². The van der Waals surface area contributed by atoms with Crippen molar-refractivity contribution in [3.63, 3.8) is 0 Å². The molecule has 0 bridgehead atoms. The van der Waals surface area contributed by atoms with Gasteiger partial charge in [-0.15, -0.1) is 0 Å². The average molecular weight is 242 g/mol. The minimum absolute atomic E-state index is 0.182. The number of allylic oxidation sites excluding steroid dienone is 8. The first-order chi connectivity index (χ1) is 8.21. The molecule has 18 heavy (non-hydrogen) atoms. The van der Waals surface area contributed by atoms with Gasteiger partial charge in [0.2, 0.25) is 0 Å². The Morgan fingerprint density at radius 1 is 0.778 bits per heavy atom. The summed E-state index contributed by atoms with van der Waals surface area (Å²) in [4.78, 5) is 0. The molecule has 1 atom stereocenters. The molecule has 0 nitrogen and oxygen atoms in total. The van der Waals surface area contributed by atoms with Crippen LogP contribution in [0.2, 0.25) is 0 Å². The summed E-state index contributed by atoms with van der Waals surface area (Å²) in [6, 6.07) is 0. The molecule has 0 saturated carbocycles. The lowest BCUT2D eigenvalue weighted by molar-refractivity contribution is 0.405. The molecule has 0 heterocycles. The predicted octanol–water partition coefficient (Wildman–Crippen LogP) is 5.59. The van der Waals surface area contributed by atoms with Crippen LogP contribution in [0.25, 0.3) is 0 Å². The van der Waals surface area contributed by atoms with Gasteiger partial charge < -0.3 is 0 Å². The summed E-state index contributed by atoms with van der Waals surface area (Å²) >= 11 is 0. The van der Waals surface area contributed by atoms with Gasteiger partial charge in [-0.2, -0.15) is 0 Å². The Morgan fingerprint density at radius 2 is 1.22 bits per heavy atom. The van der Waals surface area contributed by atoms with Gasteiger partial charge in [0, 0.05) is 11.3 Å². The first-order valence-corrected chi connectivity index (χ1v) is 6.94. The zero-order chi connectivity index (χ0) is 13.8. The Kier molecular flexibility index (Phi) is 2.96. The molecule has 2 aliphatic carbocycles. The van der Waals surface area contributed by atoms with E-state index in [1.807, 2.05) is 0 Å². The molecule has 0 amide bonds. The standard InChI is InChI=1S/C18H26/c1-10-9-18(8,16(7)11(10)2)17-14(5)12(3)13(4)15(17)6/h9,17H,1-8H3/t18-/m1/s1. The molecule has 0 N–H and O–H groups in total. The lowest BCUT2D eigenvalue weighted by Crippen LogP contribution is -2.26. The first kappa shape index (κ1) is 13.4. The maximum atomic E-state index is 2.49. The predicted molar refractivity (Wildman–Crippen MR) is 80.5 cm³/mol. The highest BCUT2D eigenvalue weighted by Crippen LogP contribution is 2.54. The first-order valence-electron chi connectivity index (χ1n) is 6.94. The van der Waals surface area contributed by atoms with Gasteiger partial charge in [-0.1, -0.05) is 35.3 Å². The molecule has 0 fully saturated rings. The zero-order valence-electron chi connectivity index (χ0n) is 13.2. The highest BCUT2D eigenvalue weighted by molar-refractivity contribution is 5.54. The fraction of sp³-hybridized carbons (Fsp3) is 0.556. The van der Waals surface area contributed by atoms with Crippen LogP contribution in [0.4, 0.5) is 0 Å². The molecule has 0 spiro atoms. The maximum Gasteiger partial charge on any atom is 0.0174 e. The Balaban J connectivity index is 2.60. The van der Waals surface area contributed by atoms with Gasteiger partial charge in [-0.3, -0.25) is 0 Å². The van der Waals surface area contributed by atoms with Crippen molar-refractivity contribution in [1.29, 1.82) is 0 Å². The monoisotopic (exact) mass is 242 g/mol. The average Bonchev–Trinajstić information content (AvgIpc) is 2.62. The van der Waals surface area contributed by atoms with Crippen molar-refractivity contribution >= 4 is 0 Å². The Bertz CT molecular complexity index is 510. The van der Waals surface area contributed by atoms with Crippen LogP contribution in [0.5, 0.6) is 0 Å². The number of hydrogen-bond acceptors (Lipinski definition) is 0. The van der Waals surface area contributed by atoms with E-state index >= 15 is 0 Å². The van der Waals surface area contributed by atoms with Crippen molar-refractivity contribution < 1.29 is 0 Å². The Labute approximate surface area is 112 Å². The third kappa shape index (κ3) is 1.51. The molecule has 0 saturated heterocycles. The zero-order valence-corrected chi connectivity index (χ0v) is 13.2. The maximum absolute atomic E-state index is 2.49. The van der Waals surface area contributed by atoms with E-state index in [1.165, 1.54) is 22.3 Å². The van der Waals surface area contributed by atoms with Gasteiger partial charge in [-0.05, 0) is 65.2 Å². The van der Waals surface area contributed by atoms with Crippen molar-refractivity contribution in [2.75, 3.05) is 0 Å². The van der Waals surface area contributed by atoms with Gasteiger partial charge >= 0.3 is 0 Å². The van der Waals surface area contributed by atoms with E-state index < -0.39 is 0 Å². The Hall–Kier alpha value is -1.04. The third-order valence-electron chi connectivity index (χ3n) is 5.69. The van der Waals surface area contributed by atoms with Crippen molar-refractivity contribution in [2.45, 2.75) is 55.4 Å². The second-order valence-electron chi connectivity index (χ2n) is 6.41. The molecule has 2 aliphatic rings. The van der Waals surface area contributed by atoms with E-state index in [0.29, 0.717) is 5.92 Å². The van der Waals surface area contributed by atoms with Crippen LogP contribution < -0.4 is 0 Å². The molecular formula is C18H26. The smallest absolute Gasteiger partial charge is 0.0174 e. The van der Waals surface area contributed by atoms with Gasteiger partial charge in [-0.25, -0.2) is 0 Å².